The molecule has 0 amide bonds. The summed E-state index contributed by atoms with van der Waals surface area (Å²) in [7, 11) is -0.604. The molecule has 94 valence electrons. The summed E-state index contributed by atoms with van der Waals surface area (Å²) in [6.07, 6.45) is 0. The van der Waals surface area contributed by atoms with E-state index in [2.05, 4.69) is 5.23 Å². The van der Waals surface area contributed by atoms with Crippen LogP contribution < -0.4 is 5.23 Å². The van der Waals surface area contributed by atoms with Crippen LogP contribution in [0.3, 0.4) is 0 Å². The van der Waals surface area contributed by atoms with Crippen molar-refractivity contribution in [2.75, 3.05) is 11.8 Å². The van der Waals surface area contributed by atoms with Crippen LogP contribution in [-0.2, 0) is 14.9 Å². The summed E-state index contributed by atoms with van der Waals surface area (Å²) in [5.74, 6) is -0.231. The third kappa shape index (κ3) is 3.47. The summed E-state index contributed by atoms with van der Waals surface area (Å²) >= 11 is 1.45. The highest BCUT2D eigenvalue weighted by molar-refractivity contribution is 7.16. The van der Waals surface area contributed by atoms with Gasteiger partial charge in [0.2, 0.25) is 0 Å². The second-order valence-electron chi connectivity index (χ2n) is 4.33. The van der Waals surface area contributed by atoms with Gasteiger partial charge in [0.05, 0.1) is 17.0 Å². The first-order chi connectivity index (χ1) is 7.87. The topological polar surface area (TPSA) is 58.6 Å². The molecule has 0 atom stereocenters. The van der Waals surface area contributed by atoms with E-state index in [1.54, 1.807) is 13.7 Å². The zero-order valence-corrected chi connectivity index (χ0v) is 11.4. The number of carbonyl (C=O) groups excluding carboxylic acids is 1. The van der Waals surface area contributed by atoms with Gasteiger partial charge in [-0.05, 0) is 39.7 Å². The zero-order chi connectivity index (χ0) is 13.1. The van der Waals surface area contributed by atoms with Crippen molar-refractivity contribution in [1.29, 1.82) is 0 Å². The van der Waals surface area contributed by atoms with E-state index in [0.717, 1.165) is 9.88 Å². The number of esters is 1. The second kappa shape index (κ2) is 5.55. The quantitative estimate of drug-likeness (QED) is 0.625. The molecule has 0 bridgehead atoms. The number of ether oxygens (including phenoxy) is 1. The normalized spacial score (nSPS) is 11.1. The van der Waals surface area contributed by atoms with Crippen LogP contribution in [0.1, 0.15) is 25.6 Å². The number of hydrogen-bond acceptors (Lipinski definition) is 5. The summed E-state index contributed by atoms with van der Waals surface area (Å²) in [6, 6.07) is 3.74. The second-order valence-corrected chi connectivity index (χ2v) is 5.41. The highest BCUT2D eigenvalue weighted by Gasteiger charge is 2.32. The molecular weight excluding hydrogens is 237 g/mol. The number of nitrogens with one attached hydrogen (secondary N) is 1. The number of carbonyl (C=O) groups is 1. The van der Waals surface area contributed by atoms with E-state index in [0.29, 0.717) is 6.61 Å². The molecule has 0 aliphatic rings. The van der Waals surface area contributed by atoms with E-state index < -0.39 is 12.5 Å². The van der Waals surface area contributed by atoms with Gasteiger partial charge >= 0.3 is 13.0 Å². The van der Waals surface area contributed by atoms with Crippen molar-refractivity contribution in [2.24, 2.45) is 0 Å². The third-order valence-corrected chi connectivity index (χ3v) is 3.70. The molecule has 0 aromatic carbocycles. The summed E-state index contributed by atoms with van der Waals surface area (Å²) in [5.41, 5.74) is -0.653. The Morgan fingerprint density at radius 3 is 2.76 bits per heavy atom. The molecule has 1 aromatic heterocycles. The van der Waals surface area contributed by atoms with Crippen LogP contribution in [-0.4, -0.2) is 24.7 Å². The van der Waals surface area contributed by atoms with Crippen molar-refractivity contribution in [1.82, 2.24) is 0 Å². The summed E-state index contributed by atoms with van der Waals surface area (Å²) in [6.45, 7) is 7.50. The number of hydrogen-bond donors (Lipinski definition) is 2. The fraction of sp³-hybridized carbons (Fsp3) is 0.545. The minimum absolute atomic E-state index is 0.231. The third-order valence-electron chi connectivity index (χ3n) is 2.36. The predicted octanol–water partition coefficient (Wildman–Crippen LogP) is 2.11. The van der Waals surface area contributed by atoms with E-state index in [-0.39, 0.29) is 5.97 Å². The SMILES string of the molecule is CCOC(=O)C(C)(C)c1ccc(NB(C)O)s1. The van der Waals surface area contributed by atoms with Gasteiger partial charge < -0.3 is 15.0 Å². The predicted molar refractivity (Wildman–Crippen MR) is 71.4 cm³/mol. The van der Waals surface area contributed by atoms with Gasteiger partial charge in [0, 0.05) is 4.88 Å². The van der Waals surface area contributed by atoms with Crippen molar-refractivity contribution in [3.63, 3.8) is 0 Å². The lowest BCUT2D eigenvalue weighted by Crippen LogP contribution is -2.30. The number of anilines is 1. The lowest BCUT2D eigenvalue weighted by molar-refractivity contribution is -0.148. The van der Waals surface area contributed by atoms with Crippen molar-refractivity contribution in [3.8, 4) is 0 Å². The fourth-order valence-electron chi connectivity index (χ4n) is 1.37. The molecule has 0 radical (unpaired) electrons. The van der Waals surface area contributed by atoms with Gasteiger partial charge in [-0.25, -0.2) is 0 Å². The Kier molecular flexibility index (Phi) is 4.59. The van der Waals surface area contributed by atoms with Gasteiger partial charge in [-0.2, -0.15) is 0 Å². The molecule has 6 heteroatoms. The van der Waals surface area contributed by atoms with Crippen LogP contribution in [0.4, 0.5) is 5.00 Å². The molecule has 17 heavy (non-hydrogen) atoms. The minimum Gasteiger partial charge on any atom is -0.465 e. The first-order valence-corrected chi connectivity index (χ1v) is 6.41. The monoisotopic (exact) mass is 255 g/mol. The molecule has 0 saturated heterocycles. The van der Waals surface area contributed by atoms with Crippen LogP contribution in [0.15, 0.2) is 12.1 Å². The Labute approximate surface area is 106 Å². The molecular formula is C11H18BNO3S. The summed E-state index contributed by atoms with van der Waals surface area (Å²) < 4.78 is 5.05. The van der Waals surface area contributed by atoms with Crippen molar-refractivity contribution in [2.45, 2.75) is 33.0 Å². The molecule has 1 rings (SSSR count). The molecule has 1 aromatic rings. The Morgan fingerprint density at radius 2 is 2.24 bits per heavy atom. The van der Waals surface area contributed by atoms with Crippen LogP contribution in [0.2, 0.25) is 6.82 Å². The molecule has 0 fully saturated rings. The Balaban J connectivity index is 2.84. The largest absolute Gasteiger partial charge is 0.465 e. The first-order valence-electron chi connectivity index (χ1n) is 5.60. The smallest absolute Gasteiger partial charge is 0.407 e. The van der Waals surface area contributed by atoms with Gasteiger partial charge in [-0.15, -0.1) is 11.3 Å². The zero-order valence-electron chi connectivity index (χ0n) is 10.6. The molecule has 1 heterocycles. The van der Waals surface area contributed by atoms with Crippen LogP contribution in [0.25, 0.3) is 0 Å². The Bertz CT molecular complexity index is 390. The van der Waals surface area contributed by atoms with E-state index in [9.17, 15) is 9.82 Å². The van der Waals surface area contributed by atoms with E-state index in [1.807, 2.05) is 26.0 Å². The minimum atomic E-state index is -0.653. The summed E-state index contributed by atoms with van der Waals surface area (Å²) in [5, 5.41) is 12.9. The fourth-order valence-corrected chi connectivity index (χ4v) is 2.45. The van der Waals surface area contributed by atoms with E-state index in [4.69, 9.17) is 4.74 Å². The molecule has 0 aliphatic carbocycles. The van der Waals surface area contributed by atoms with Crippen LogP contribution in [0, 0.1) is 0 Å². The first kappa shape index (κ1) is 14.1. The van der Waals surface area contributed by atoms with E-state index in [1.165, 1.54) is 11.3 Å². The molecule has 0 spiro atoms. The van der Waals surface area contributed by atoms with Gasteiger partial charge in [0.25, 0.3) is 0 Å². The van der Waals surface area contributed by atoms with Crippen molar-refractivity contribution < 1.29 is 14.6 Å². The maximum Gasteiger partial charge on any atom is 0.407 e. The molecule has 4 nitrogen and oxygen atoms in total. The van der Waals surface area contributed by atoms with Crippen LogP contribution >= 0.6 is 11.3 Å². The molecule has 0 saturated carbocycles. The van der Waals surface area contributed by atoms with Gasteiger partial charge in [-0.3, -0.25) is 4.79 Å². The highest BCUT2D eigenvalue weighted by atomic mass is 32.1. The van der Waals surface area contributed by atoms with E-state index >= 15 is 0 Å². The maximum atomic E-state index is 11.8. The van der Waals surface area contributed by atoms with Gasteiger partial charge in [-0.1, -0.05) is 0 Å². The standard InChI is InChI=1S/C11H18BNO3S/c1-5-16-10(14)11(2,3)8-6-7-9(17-8)13-12(4)15/h6-7,13,15H,5H2,1-4H3. The van der Waals surface area contributed by atoms with Gasteiger partial charge in [0.15, 0.2) is 0 Å². The lowest BCUT2D eigenvalue weighted by Gasteiger charge is -2.20. The van der Waals surface area contributed by atoms with Crippen molar-refractivity contribution >= 4 is 29.4 Å². The Hall–Kier alpha value is -1.01. The molecule has 0 unspecified atom stereocenters. The molecule has 0 aliphatic heterocycles. The Morgan fingerprint density at radius 1 is 1.59 bits per heavy atom. The number of thiophene rings is 1. The number of rotatable bonds is 5. The molecule has 2 N–H and O–H groups in total. The van der Waals surface area contributed by atoms with Crippen molar-refractivity contribution in [3.05, 3.63) is 17.0 Å². The summed E-state index contributed by atoms with van der Waals surface area (Å²) in [4.78, 5) is 12.7. The maximum absolute atomic E-state index is 11.8. The van der Waals surface area contributed by atoms with Gasteiger partial charge in [0.1, 0.15) is 0 Å². The average Bonchev–Trinajstić information content (AvgIpc) is 2.66. The lowest BCUT2D eigenvalue weighted by atomic mass is 9.89. The highest BCUT2D eigenvalue weighted by Crippen LogP contribution is 2.33. The average molecular weight is 255 g/mol. The van der Waals surface area contributed by atoms with Crippen LogP contribution in [0.5, 0.6) is 0 Å².